The number of halogens is 3. The molecule has 3 rings (SSSR count). The van der Waals surface area contributed by atoms with E-state index in [2.05, 4.69) is 15.5 Å². The first-order valence-electron chi connectivity index (χ1n) is 5.44. The van der Waals surface area contributed by atoms with Gasteiger partial charge in [-0.25, -0.2) is 13.2 Å². The molecule has 2 aromatic rings. The smallest absolute Gasteiger partial charge is 0.194 e. The third-order valence-electron chi connectivity index (χ3n) is 2.86. The van der Waals surface area contributed by atoms with E-state index in [4.69, 9.17) is 0 Å². The molecule has 94 valence electrons. The molecule has 0 atom stereocenters. The summed E-state index contributed by atoms with van der Waals surface area (Å²) in [5.74, 6) is -2.88. The van der Waals surface area contributed by atoms with E-state index in [1.54, 1.807) is 4.57 Å². The number of fused-ring (bicyclic) bond motifs is 1. The van der Waals surface area contributed by atoms with Crippen molar-refractivity contribution in [2.45, 2.75) is 13.1 Å². The molecule has 0 saturated carbocycles. The van der Waals surface area contributed by atoms with Gasteiger partial charge in [0.2, 0.25) is 0 Å². The van der Waals surface area contributed by atoms with Gasteiger partial charge in [0.25, 0.3) is 0 Å². The molecule has 1 aromatic heterocycles. The largest absolute Gasteiger partial charge is 0.309 e. The highest BCUT2D eigenvalue weighted by Crippen LogP contribution is 2.23. The maximum atomic E-state index is 13.2. The van der Waals surface area contributed by atoms with Crippen LogP contribution < -0.4 is 5.32 Å². The number of nitrogens with one attached hydrogen (secondary N) is 1. The van der Waals surface area contributed by atoms with E-state index in [0.29, 0.717) is 24.7 Å². The Hall–Kier alpha value is -1.89. The number of rotatable bonds is 1. The Kier molecular flexibility index (Phi) is 2.55. The van der Waals surface area contributed by atoms with Crippen molar-refractivity contribution in [1.82, 2.24) is 20.1 Å². The highest BCUT2D eigenvalue weighted by molar-refractivity contribution is 5.55. The van der Waals surface area contributed by atoms with E-state index < -0.39 is 17.5 Å². The molecule has 1 aliphatic rings. The maximum Gasteiger partial charge on any atom is 0.194 e. The zero-order chi connectivity index (χ0) is 12.7. The molecule has 0 spiro atoms. The third kappa shape index (κ3) is 1.67. The van der Waals surface area contributed by atoms with Crippen LogP contribution in [-0.4, -0.2) is 21.3 Å². The van der Waals surface area contributed by atoms with Crippen LogP contribution in [0.5, 0.6) is 0 Å². The molecule has 18 heavy (non-hydrogen) atoms. The van der Waals surface area contributed by atoms with Gasteiger partial charge in [-0.05, 0) is 12.1 Å². The van der Waals surface area contributed by atoms with Crippen LogP contribution in [0.3, 0.4) is 0 Å². The number of aromatic nitrogens is 3. The van der Waals surface area contributed by atoms with Crippen LogP contribution >= 0.6 is 0 Å². The van der Waals surface area contributed by atoms with Gasteiger partial charge in [-0.2, -0.15) is 0 Å². The molecule has 0 radical (unpaired) electrons. The Morgan fingerprint density at radius 2 is 1.83 bits per heavy atom. The average Bonchev–Trinajstić information content (AvgIpc) is 2.79. The van der Waals surface area contributed by atoms with Gasteiger partial charge in [0, 0.05) is 18.7 Å². The fraction of sp³-hybridized carbons (Fsp3) is 0.273. The summed E-state index contributed by atoms with van der Waals surface area (Å²) >= 11 is 0. The molecule has 1 aromatic carbocycles. The lowest BCUT2D eigenvalue weighted by Gasteiger charge is -2.16. The van der Waals surface area contributed by atoms with Gasteiger partial charge in [-0.15, -0.1) is 10.2 Å². The molecular formula is C11H9F3N4. The Morgan fingerprint density at radius 1 is 1.11 bits per heavy atom. The van der Waals surface area contributed by atoms with Crippen LogP contribution in [-0.2, 0) is 13.1 Å². The van der Waals surface area contributed by atoms with E-state index in [1.807, 2.05) is 0 Å². The fourth-order valence-corrected chi connectivity index (χ4v) is 1.99. The lowest BCUT2D eigenvalue weighted by atomic mass is 10.2. The maximum absolute atomic E-state index is 13.2. The van der Waals surface area contributed by atoms with Gasteiger partial charge in [0.1, 0.15) is 5.82 Å². The molecule has 7 heteroatoms. The summed E-state index contributed by atoms with van der Waals surface area (Å²) < 4.78 is 41.0. The van der Waals surface area contributed by atoms with Crippen molar-refractivity contribution in [2.24, 2.45) is 0 Å². The lowest BCUT2D eigenvalue weighted by molar-refractivity contribution is 0.447. The fourth-order valence-electron chi connectivity index (χ4n) is 1.99. The summed E-state index contributed by atoms with van der Waals surface area (Å²) in [6.45, 7) is 1.89. The van der Waals surface area contributed by atoms with Gasteiger partial charge in [0.15, 0.2) is 23.3 Å². The van der Waals surface area contributed by atoms with Crippen molar-refractivity contribution in [3.63, 3.8) is 0 Å². The third-order valence-corrected chi connectivity index (χ3v) is 2.86. The highest BCUT2D eigenvalue weighted by Gasteiger charge is 2.19. The first-order valence-corrected chi connectivity index (χ1v) is 5.44. The van der Waals surface area contributed by atoms with Crippen LogP contribution in [0.15, 0.2) is 12.1 Å². The summed E-state index contributed by atoms with van der Waals surface area (Å²) in [5.41, 5.74) is 0.187. The minimum Gasteiger partial charge on any atom is -0.309 e. The molecule has 4 nitrogen and oxygen atoms in total. The van der Waals surface area contributed by atoms with Gasteiger partial charge < -0.3 is 9.88 Å². The van der Waals surface area contributed by atoms with Gasteiger partial charge in [0.05, 0.1) is 6.54 Å². The SMILES string of the molecule is Fc1cc(-c2nnc3n2CCNC3)cc(F)c1F. The Morgan fingerprint density at radius 3 is 2.56 bits per heavy atom. The topological polar surface area (TPSA) is 42.7 Å². The minimum atomic E-state index is -1.47. The van der Waals surface area contributed by atoms with Crippen molar-refractivity contribution in [2.75, 3.05) is 6.54 Å². The first-order chi connectivity index (χ1) is 8.66. The molecule has 0 amide bonds. The van der Waals surface area contributed by atoms with Crippen molar-refractivity contribution < 1.29 is 13.2 Å². The van der Waals surface area contributed by atoms with Crippen LogP contribution in [0.2, 0.25) is 0 Å². The standard InChI is InChI=1S/C11H9F3N4/c12-7-3-6(4-8(13)10(7)14)11-17-16-9-5-15-1-2-18(9)11/h3-4,15H,1-2,5H2. The van der Waals surface area contributed by atoms with Crippen molar-refractivity contribution in [3.8, 4) is 11.4 Å². The minimum absolute atomic E-state index is 0.187. The Bertz CT molecular complexity index is 585. The number of hydrogen-bond acceptors (Lipinski definition) is 3. The molecular weight excluding hydrogens is 245 g/mol. The molecule has 1 N–H and O–H groups in total. The van der Waals surface area contributed by atoms with Crippen LogP contribution in [0, 0.1) is 17.5 Å². The second-order valence-electron chi connectivity index (χ2n) is 4.02. The van der Waals surface area contributed by atoms with Crippen LogP contribution in [0.1, 0.15) is 5.82 Å². The van der Waals surface area contributed by atoms with E-state index in [9.17, 15) is 13.2 Å². The van der Waals surface area contributed by atoms with Crippen molar-refractivity contribution in [1.29, 1.82) is 0 Å². The quantitative estimate of drug-likeness (QED) is 0.783. The summed E-state index contributed by atoms with van der Waals surface area (Å²) in [4.78, 5) is 0. The summed E-state index contributed by atoms with van der Waals surface area (Å²) in [5, 5.41) is 10.9. The molecule has 2 heterocycles. The molecule has 1 aliphatic heterocycles. The lowest BCUT2D eigenvalue weighted by Crippen LogP contribution is -2.28. The van der Waals surface area contributed by atoms with E-state index in [-0.39, 0.29) is 5.56 Å². The molecule has 0 bridgehead atoms. The van der Waals surface area contributed by atoms with Gasteiger partial charge in [-0.1, -0.05) is 0 Å². The highest BCUT2D eigenvalue weighted by atomic mass is 19.2. The molecule has 0 saturated heterocycles. The van der Waals surface area contributed by atoms with Gasteiger partial charge in [-0.3, -0.25) is 0 Å². The van der Waals surface area contributed by atoms with Crippen molar-refractivity contribution in [3.05, 3.63) is 35.4 Å². The Labute approximate surface area is 100 Å². The summed E-state index contributed by atoms with van der Waals surface area (Å²) in [6.07, 6.45) is 0. The van der Waals surface area contributed by atoms with E-state index in [0.717, 1.165) is 18.7 Å². The number of nitrogens with zero attached hydrogens (tertiary/aromatic N) is 3. The molecule has 0 unspecified atom stereocenters. The average molecular weight is 254 g/mol. The Balaban J connectivity index is 2.13. The monoisotopic (exact) mass is 254 g/mol. The predicted octanol–water partition coefficient (Wildman–Crippen LogP) is 1.47. The zero-order valence-electron chi connectivity index (χ0n) is 9.25. The molecule has 0 fully saturated rings. The van der Waals surface area contributed by atoms with E-state index in [1.165, 1.54) is 0 Å². The normalized spacial score (nSPS) is 14.6. The number of benzene rings is 1. The molecule has 0 aliphatic carbocycles. The summed E-state index contributed by atoms with van der Waals surface area (Å²) in [6, 6.07) is 1.86. The van der Waals surface area contributed by atoms with Crippen LogP contribution in [0.25, 0.3) is 11.4 Å². The second kappa shape index (κ2) is 4.09. The zero-order valence-corrected chi connectivity index (χ0v) is 9.25. The van der Waals surface area contributed by atoms with Gasteiger partial charge >= 0.3 is 0 Å². The summed E-state index contributed by atoms with van der Waals surface area (Å²) in [7, 11) is 0. The second-order valence-corrected chi connectivity index (χ2v) is 4.02. The van der Waals surface area contributed by atoms with Crippen LogP contribution in [0.4, 0.5) is 13.2 Å². The first kappa shape index (κ1) is 11.2. The number of hydrogen-bond donors (Lipinski definition) is 1. The van der Waals surface area contributed by atoms with Crippen molar-refractivity contribution >= 4 is 0 Å². The predicted molar refractivity (Wildman–Crippen MR) is 57.0 cm³/mol. The van der Waals surface area contributed by atoms with E-state index >= 15 is 0 Å².